The van der Waals surface area contributed by atoms with Gasteiger partial charge in [-0.1, -0.05) is 23.5 Å². The van der Waals surface area contributed by atoms with Crippen molar-refractivity contribution in [1.29, 1.82) is 0 Å². The number of fused-ring (bicyclic) bond motifs is 1. The number of anilines is 2. The fourth-order valence-electron chi connectivity index (χ4n) is 2.73. The number of aliphatic hydroxyl groups is 1. The van der Waals surface area contributed by atoms with Crippen LogP contribution in [-0.4, -0.2) is 41.2 Å². The quantitative estimate of drug-likeness (QED) is 0.449. The Morgan fingerprint density at radius 2 is 1.93 bits per heavy atom. The highest BCUT2D eigenvalue weighted by Gasteiger charge is 2.16. The number of rotatable bonds is 6. The molecule has 0 aliphatic heterocycles. The molecule has 9 heteroatoms. The Hall–Kier alpha value is -2.88. The number of thiophene rings is 1. The summed E-state index contributed by atoms with van der Waals surface area (Å²) in [7, 11) is 1.87. The third-order valence-electron chi connectivity index (χ3n) is 4.27. The second-order valence-electron chi connectivity index (χ2n) is 6.32. The maximum Gasteiger partial charge on any atom is 0.265 e. The summed E-state index contributed by atoms with van der Waals surface area (Å²) in [4.78, 5) is 24.0. The van der Waals surface area contributed by atoms with E-state index in [2.05, 4.69) is 15.3 Å². The summed E-state index contributed by atoms with van der Waals surface area (Å²) in [6.07, 6.45) is 1.47. The Bertz CT molecular complexity index is 1110. The van der Waals surface area contributed by atoms with E-state index in [0.29, 0.717) is 17.1 Å². The first kappa shape index (κ1) is 19.4. The van der Waals surface area contributed by atoms with Crippen LogP contribution < -0.4 is 10.2 Å². The normalized spacial score (nSPS) is 11.0. The van der Waals surface area contributed by atoms with E-state index in [-0.39, 0.29) is 12.5 Å². The first-order valence-corrected chi connectivity index (χ1v) is 10.4. The summed E-state index contributed by atoms with van der Waals surface area (Å²) in [5, 5.41) is 12.7. The monoisotopic (exact) mass is 428 g/mol. The number of thiazole rings is 1. The zero-order valence-corrected chi connectivity index (χ0v) is 17.1. The number of halogens is 1. The van der Waals surface area contributed by atoms with Gasteiger partial charge in [0.1, 0.15) is 4.83 Å². The number of aliphatic hydroxyl groups excluding tert-OH is 1. The van der Waals surface area contributed by atoms with Crippen LogP contribution in [0.3, 0.4) is 0 Å². The summed E-state index contributed by atoms with van der Waals surface area (Å²) in [6, 6.07) is 12.1. The van der Waals surface area contributed by atoms with Crippen molar-refractivity contribution in [2.24, 2.45) is 0 Å². The molecule has 1 amide bonds. The molecule has 0 aliphatic rings. The second kappa shape index (κ2) is 8.24. The van der Waals surface area contributed by atoms with Gasteiger partial charge >= 0.3 is 0 Å². The predicted molar refractivity (Wildman–Crippen MR) is 115 cm³/mol. The van der Waals surface area contributed by atoms with E-state index >= 15 is 0 Å². The molecule has 0 bridgehead atoms. The molecule has 0 radical (unpaired) electrons. The largest absolute Gasteiger partial charge is 0.395 e. The van der Waals surface area contributed by atoms with Crippen LogP contribution in [0.1, 0.15) is 9.67 Å². The predicted octanol–water partition coefficient (Wildman–Crippen LogP) is 4.24. The highest BCUT2D eigenvalue weighted by atomic mass is 32.1. The zero-order chi connectivity index (χ0) is 20.4. The molecule has 148 valence electrons. The number of hydrogen-bond donors (Lipinski definition) is 2. The lowest BCUT2D eigenvalue weighted by molar-refractivity contribution is 0.103. The smallest absolute Gasteiger partial charge is 0.265 e. The topological polar surface area (TPSA) is 78.3 Å². The standard InChI is InChI=1S/C20H17FN4O2S2/c1-25(8-9-26)20-24-19-16(29-20)10-15(28-19)18(27)23-14-5-2-12(3-6-14)13-4-7-17(21)22-11-13/h2-7,10-11,26H,8-9H2,1H3,(H,23,27). The van der Waals surface area contributed by atoms with Gasteiger partial charge in [0.25, 0.3) is 5.91 Å². The van der Waals surface area contributed by atoms with E-state index in [1.807, 2.05) is 30.1 Å². The average molecular weight is 429 g/mol. The lowest BCUT2D eigenvalue weighted by Gasteiger charge is -2.12. The molecule has 0 fully saturated rings. The highest BCUT2D eigenvalue weighted by Crippen LogP contribution is 2.34. The first-order chi connectivity index (χ1) is 14.0. The van der Waals surface area contributed by atoms with E-state index in [0.717, 1.165) is 25.8 Å². The van der Waals surface area contributed by atoms with Crippen LogP contribution in [0, 0.1) is 5.95 Å². The molecule has 0 atom stereocenters. The van der Waals surface area contributed by atoms with Crippen LogP contribution in [0.5, 0.6) is 0 Å². The molecule has 1 aromatic carbocycles. The van der Waals surface area contributed by atoms with Crippen molar-refractivity contribution in [3.05, 3.63) is 59.5 Å². The number of likely N-dealkylation sites (N-methyl/N-ethyl adjacent to an activating group) is 1. The van der Waals surface area contributed by atoms with Crippen LogP contribution in [0.15, 0.2) is 48.7 Å². The molecule has 3 heterocycles. The van der Waals surface area contributed by atoms with E-state index in [1.54, 1.807) is 18.2 Å². The molecular weight excluding hydrogens is 411 g/mol. The average Bonchev–Trinajstić information content (AvgIpc) is 3.29. The summed E-state index contributed by atoms with van der Waals surface area (Å²) in [6.45, 7) is 0.575. The first-order valence-electron chi connectivity index (χ1n) is 8.79. The molecular formula is C20H17FN4O2S2. The Morgan fingerprint density at radius 3 is 2.59 bits per heavy atom. The fraction of sp³-hybridized carbons (Fsp3) is 0.150. The minimum absolute atomic E-state index is 0.0633. The number of pyridine rings is 1. The zero-order valence-electron chi connectivity index (χ0n) is 15.4. The molecule has 4 aromatic rings. The van der Waals surface area contributed by atoms with Gasteiger partial charge in [-0.25, -0.2) is 9.97 Å². The molecule has 2 N–H and O–H groups in total. The lowest BCUT2D eigenvalue weighted by atomic mass is 10.1. The van der Waals surface area contributed by atoms with Crippen LogP contribution in [0.25, 0.3) is 20.7 Å². The van der Waals surface area contributed by atoms with Crippen LogP contribution in [0.4, 0.5) is 15.2 Å². The van der Waals surface area contributed by atoms with Gasteiger partial charge < -0.3 is 15.3 Å². The van der Waals surface area contributed by atoms with Gasteiger partial charge in [-0.3, -0.25) is 4.79 Å². The number of carbonyl (C=O) groups is 1. The van der Waals surface area contributed by atoms with Gasteiger partial charge in [-0.15, -0.1) is 11.3 Å². The van der Waals surface area contributed by atoms with Crippen LogP contribution in [-0.2, 0) is 0 Å². The molecule has 3 aromatic heterocycles. The molecule has 0 saturated carbocycles. The minimum Gasteiger partial charge on any atom is -0.395 e. The summed E-state index contributed by atoms with van der Waals surface area (Å²) >= 11 is 2.83. The van der Waals surface area contributed by atoms with Gasteiger partial charge in [0.05, 0.1) is 16.2 Å². The Morgan fingerprint density at radius 1 is 1.17 bits per heavy atom. The number of amides is 1. The van der Waals surface area contributed by atoms with Gasteiger partial charge in [-0.05, 0) is 35.9 Å². The highest BCUT2D eigenvalue weighted by molar-refractivity contribution is 7.29. The Balaban J connectivity index is 1.46. The number of nitrogens with zero attached hydrogens (tertiary/aromatic N) is 3. The molecule has 0 spiro atoms. The molecule has 29 heavy (non-hydrogen) atoms. The van der Waals surface area contributed by atoms with Gasteiger partial charge in [0.2, 0.25) is 5.95 Å². The van der Waals surface area contributed by atoms with Crippen molar-refractivity contribution >= 4 is 48.9 Å². The number of nitrogens with one attached hydrogen (secondary N) is 1. The van der Waals surface area contributed by atoms with E-state index in [9.17, 15) is 9.18 Å². The van der Waals surface area contributed by atoms with Gasteiger partial charge in [-0.2, -0.15) is 4.39 Å². The third kappa shape index (κ3) is 4.26. The maximum atomic E-state index is 12.9. The SMILES string of the molecule is CN(CCO)c1nc2sc(C(=O)Nc3ccc(-c4ccc(F)nc4)cc3)cc2s1. The van der Waals surface area contributed by atoms with Crippen molar-refractivity contribution in [2.45, 2.75) is 0 Å². The third-order valence-corrected chi connectivity index (χ3v) is 6.54. The van der Waals surface area contributed by atoms with Crippen molar-refractivity contribution < 1.29 is 14.3 Å². The maximum absolute atomic E-state index is 12.9. The van der Waals surface area contributed by atoms with Crippen LogP contribution >= 0.6 is 22.7 Å². The number of carbonyl (C=O) groups excluding carboxylic acids is 1. The molecule has 0 aliphatic carbocycles. The Labute approximate surface area is 174 Å². The number of hydrogen-bond acceptors (Lipinski definition) is 7. The van der Waals surface area contributed by atoms with E-state index in [4.69, 9.17) is 5.11 Å². The van der Waals surface area contributed by atoms with Gasteiger partial charge in [0, 0.05) is 31.0 Å². The van der Waals surface area contributed by atoms with Crippen molar-refractivity contribution in [2.75, 3.05) is 30.4 Å². The molecule has 6 nitrogen and oxygen atoms in total. The lowest BCUT2D eigenvalue weighted by Crippen LogP contribution is -2.20. The summed E-state index contributed by atoms with van der Waals surface area (Å²) < 4.78 is 13.9. The fourth-order valence-corrected chi connectivity index (χ4v) is 4.82. The molecule has 4 rings (SSSR count). The van der Waals surface area contributed by atoms with Gasteiger partial charge in [0.15, 0.2) is 5.13 Å². The van der Waals surface area contributed by atoms with Crippen molar-refractivity contribution in [1.82, 2.24) is 9.97 Å². The Kier molecular flexibility index (Phi) is 5.52. The van der Waals surface area contributed by atoms with Crippen molar-refractivity contribution in [3.8, 4) is 11.1 Å². The summed E-state index contributed by atoms with van der Waals surface area (Å²) in [5.41, 5.74) is 2.36. The second-order valence-corrected chi connectivity index (χ2v) is 8.36. The summed E-state index contributed by atoms with van der Waals surface area (Å²) in [5.74, 6) is -0.711. The molecule has 0 saturated heterocycles. The van der Waals surface area contributed by atoms with E-state index in [1.165, 1.54) is 34.9 Å². The molecule has 0 unspecified atom stereocenters. The minimum atomic E-state index is -0.518. The number of aromatic nitrogens is 2. The number of benzene rings is 1. The van der Waals surface area contributed by atoms with Crippen LogP contribution in [0.2, 0.25) is 0 Å². The van der Waals surface area contributed by atoms with Crippen molar-refractivity contribution in [3.63, 3.8) is 0 Å². The van der Waals surface area contributed by atoms with E-state index < -0.39 is 5.95 Å².